The number of nitrogens with one attached hydrogen (secondary N) is 1. The molecule has 0 aliphatic heterocycles. The maximum absolute atomic E-state index is 12.6. The molecule has 0 aromatic carbocycles. The SMILES string of the molecule is C=CC(=O)[C@@H](NC(=O)[C@H](CC(C)C)C(C)C(=O)CC)C1CC1=O. The van der Waals surface area contributed by atoms with Crippen molar-refractivity contribution in [3.63, 3.8) is 0 Å². The second-order valence-electron chi connectivity index (χ2n) is 6.71. The van der Waals surface area contributed by atoms with E-state index in [0.717, 1.165) is 6.08 Å². The molecule has 1 N–H and O–H groups in total. The molecule has 1 aliphatic carbocycles. The number of Topliss-reactive ketones (excluding diaryl/α,β-unsaturated/α-hetero) is 2. The molecule has 0 spiro atoms. The lowest BCUT2D eigenvalue weighted by Crippen LogP contribution is -2.47. The van der Waals surface area contributed by atoms with Gasteiger partial charge in [-0.05, 0) is 18.4 Å². The topological polar surface area (TPSA) is 80.3 Å². The number of hydrogen-bond donors (Lipinski definition) is 1. The van der Waals surface area contributed by atoms with Gasteiger partial charge in [0.15, 0.2) is 5.78 Å². The van der Waals surface area contributed by atoms with Gasteiger partial charge >= 0.3 is 0 Å². The Labute approximate surface area is 137 Å². The van der Waals surface area contributed by atoms with Crippen LogP contribution in [-0.4, -0.2) is 29.3 Å². The van der Waals surface area contributed by atoms with Crippen LogP contribution in [-0.2, 0) is 19.2 Å². The minimum atomic E-state index is -0.842. The molecular weight excluding hydrogens is 294 g/mol. The summed E-state index contributed by atoms with van der Waals surface area (Å²) in [4.78, 5) is 47.9. The number of rotatable bonds is 10. The zero-order valence-corrected chi connectivity index (χ0v) is 14.4. The summed E-state index contributed by atoms with van der Waals surface area (Å²) in [6, 6.07) is -0.842. The van der Waals surface area contributed by atoms with Crippen LogP contribution in [0.15, 0.2) is 12.7 Å². The highest BCUT2D eigenvalue weighted by Gasteiger charge is 2.45. The fraction of sp³-hybridized carbons (Fsp3) is 0.667. The second kappa shape index (κ2) is 8.18. The molecule has 23 heavy (non-hydrogen) atoms. The van der Waals surface area contributed by atoms with Crippen molar-refractivity contribution in [1.29, 1.82) is 0 Å². The zero-order chi connectivity index (χ0) is 17.7. The molecule has 4 atom stereocenters. The third-order valence-corrected chi connectivity index (χ3v) is 4.40. The van der Waals surface area contributed by atoms with E-state index in [4.69, 9.17) is 0 Å². The fourth-order valence-corrected chi connectivity index (χ4v) is 2.81. The third kappa shape index (κ3) is 5.12. The first kappa shape index (κ1) is 19.3. The first-order valence-electron chi connectivity index (χ1n) is 8.24. The molecule has 0 aromatic rings. The molecule has 5 nitrogen and oxygen atoms in total. The van der Waals surface area contributed by atoms with Gasteiger partial charge in [-0.25, -0.2) is 0 Å². The highest BCUT2D eigenvalue weighted by molar-refractivity contribution is 6.07. The van der Waals surface area contributed by atoms with Gasteiger partial charge in [-0.1, -0.05) is 34.3 Å². The standard InChI is InChI=1S/C18H27NO4/c1-6-14(20)11(5)12(8-10(3)4)18(23)19-17(15(21)7-2)13-9-16(13)22/h7,10-13,17H,2,6,8-9H2,1,3-5H3,(H,19,23)/t11?,12-,13?,17+/m1/s1. The number of amides is 1. The summed E-state index contributed by atoms with van der Waals surface area (Å²) in [5, 5.41) is 2.69. The summed E-state index contributed by atoms with van der Waals surface area (Å²) < 4.78 is 0. The molecule has 128 valence electrons. The number of ketones is 3. The Kier molecular flexibility index (Phi) is 6.85. The monoisotopic (exact) mass is 321 g/mol. The Morgan fingerprint density at radius 3 is 2.26 bits per heavy atom. The predicted molar refractivity (Wildman–Crippen MR) is 87.7 cm³/mol. The fourth-order valence-electron chi connectivity index (χ4n) is 2.81. The summed E-state index contributed by atoms with van der Waals surface area (Å²) >= 11 is 0. The van der Waals surface area contributed by atoms with Gasteiger partial charge in [0, 0.05) is 24.7 Å². The van der Waals surface area contributed by atoms with Crippen LogP contribution in [0, 0.1) is 23.7 Å². The molecule has 2 unspecified atom stereocenters. The molecular formula is C18H27NO4. The molecule has 1 amide bonds. The van der Waals surface area contributed by atoms with E-state index in [1.807, 2.05) is 13.8 Å². The van der Waals surface area contributed by atoms with Crippen molar-refractivity contribution in [2.24, 2.45) is 23.7 Å². The van der Waals surface area contributed by atoms with Crippen LogP contribution in [0.5, 0.6) is 0 Å². The smallest absolute Gasteiger partial charge is 0.224 e. The van der Waals surface area contributed by atoms with Crippen LogP contribution in [0.2, 0.25) is 0 Å². The van der Waals surface area contributed by atoms with Gasteiger partial charge in [0.1, 0.15) is 17.6 Å². The van der Waals surface area contributed by atoms with Crippen LogP contribution >= 0.6 is 0 Å². The van der Waals surface area contributed by atoms with Crippen molar-refractivity contribution in [3.05, 3.63) is 12.7 Å². The van der Waals surface area contributed by atoms with Gasteiger partial charge in [-0.2, -0.15) is 0 Å². The Balaban J connectivity index is 2.89. The van der Waals surface area contributed by atoms with Crippen molar-refractivity contribution >= 4 is 23.3 Å². The highest BCUT2D eigenvalue weighted by Crippen LogP contribution is 2.30. The lowest BCUT2D eigenvalue weighted by molar-refractivity contribution is -0.135. The van der Waals surface area contributed by atoms with Gasteiger partial charge in [-0.3, -0.25) is 19.2 Å². The summed E-state index contributed by atoms with van der Waals surface area (Å²) in [5.41, 5.74) is 0. The summed E-state index contributed by atoms with van der Waals surface area (Å²) in [6.45, 7) is 10.9. The van der Waals surface area contributed by atoms with E-state index < -0.39 is 23.8 Å². The van der Waals surface area contributed by atoms with Gasteiger partial charge in [-0.15, -0.1) is 0 Å². The van der Waals surface area contributed by atoms with Crippen molar-refractivity contribution in [3.8, 4) is 0 Å². The van der Waals surface area contributed by atoms with Crippen molar-refractivity contribution in [2.45, 2.75) is 53.0 Å². The lowest BCUT2D eigenvalue weighted by atomic mass is 9.82. The molecule has 1 aliphatic rings. The first-order valence-corrected chi connectivity index (χ1v) is 8.24. The molecule has 0 saturated heterocycles. The molecule has 0 aromatic heterocycles. The first-order chi connectivity index (χ1) is 10.7. The Morgan fingerprint density at radius 2 is 1.87 bits per heavy atom. The van der Waals surface area contributed by atoms with Crippen LogP contribution in [0.3, 0.4) is 0 Å². The van der Waals surface area contributed by atoms with Crippen molar-refractivity contribution < 1.29 is 19.2 Å². The van der Waals surface area contributed by atoms with E-state index in [1.54, 1.807) is 13.8 Å². The van der Waals surface area contributed by atoms with Crippen LogP contribution in [0.4, 0.5) is 0 Å². The van der Waals surface area contributed by atoms with Crippen molar-refractivity contribution in [2.75, 3.05) is 0 Å². The van der Waals surface area contributed by atoms with Gasteiger partial charge in [0.2, 0.25) is 5.91 Å². The molecule has 0 radical (unpaired) electrons. The lowest BCUT2D eigenvalue weighted by Gasteiger charge is -2.26. The Morgan fingerprint density at radius 1 is 1.30 bits per heavy atom. The quantitative estimate of drug-likeness (QED) is 0.625. The Bertz CT molecular complexity index is 509. The zero-order valence-electron chi connectivity index (χ0n) is 14.4. The maximum atomic E-state index is 12.6. The highest BCUT2D eigenvalue weighted by atomic mass is 16.2. The van der Waals surface area contributed by atoms with E-state index >= 15 is 0 Å². The van der Waals surface area contributed by atoms with E-state index in [-0.39, 0.29) is 29.2 Å². The number of carbonyl (C=O) groups excluding carboxylic acids is 4. The molecule has 1 saturated carbocycles. The largest absolute Gasteiger partial charge is 0.345 e. The number of hydrogen-bond acceptors (Lipinski definition) is 4. The van der Waals surface area contributed by atoms with Gasteiger partial charge in [0.25, 0.3) is 0 Å². The predicted octanol–water partition coefficient (Wildman–Crippen LogP) is 2.09. The molecule has 1 rings (SSSR count). The third-order valence-electron chi connectivity index (χ3n) is 4.40. The van der Waals surface area contributed by atoms with E-state index in [1.165, 1.54) is 0 Å². The van der Waals surface area contributed by atoms with Crippen LogP contribution in [0.25, 0.3) is 0 Å². The summed E-state index contributed by atoms with van der Waals surface area (Å²) in [6.07, 6.45) is 2.38. The van der Waals surface area contributed by atoms with Crippen molar-refractivity contribution in [1.82, 2.24) is 5.32 Å². The molecule has 0 heterocycles. The molecule has 5 heteroatoms. The average molecular weight is 321 g/mol. The van der Waals surface area contributed by atoms with Gasteiger partial charge < -0.3 is 5.32 Å². The number of carbonyl (C=O) groups is 4. The summed E-state index contributed by atoms with van der Waals surface area (Å²) in [7, 11) is 0. The minimum absolute atomic E-state index is 0.0245. The second-order valence-corrected chi connectivity index (χ2v) is 6.71. The van der Waals surface area contributed by atoms with Gasteiger partial charge in [0.05, 0.1) is 5.92 Å². The molecule has 1 fully saturated rings. The van der Waals surface area contributed by atoms with E-state index in [0.29, 0.717) is 19.3 Å². The van der Waals surface area contributed by atoms with Crippen LogP contribution in [0.1, 0.15) is 47.0 Å². The average Bonchev–Trinajstić information content (AvgIpc) is 3.23. The van der Waals surface area contributed by atoms with E-state index in [9.17, 15) is 19.2 Å². The molecule has 0 bridgehead atoms. The normalized spacial score (nSPS) is 20.6. The van der Waals surface area contributed by atoms with Crippen LogP contribution < -0.4 is 5.32 Å². The summed E-state index contributed by atoms with van der Waals surface area (Å²) in [5.74, 6) is -1.77. The Hall–Kier alpha value is -1.78. The maximum Gasteiger partial charge on any atom is 0.224 e. The minimum Gasteiger partial charge on any atom is -0.345 e. The van der Waals surface area contributed by atoms with E-state index in [2.05, 4.69) is 11.9 Å².